The molecule has 110 valence electrons. The van der Waals surface area contributed by atoms with Crippen molar-refractivity contribution in [2.24, 2.45) is 0 Å². The Balaban J connectivity index is 2.21. The monoisotopic (exact) mass is 398 g/mol. The normalized spacial score (nSPS) is 10.0. The Morgan fingerprint density at radius 2 is 1.95 bits per heavy atom. The molecule has 0 heterocycles. The van der Waals surface area contributed by atoms with Crippen LogP contribution in [0.5, 0.6) is 17.2 Å². The number of hydrogen-bond donors (Lipinski definition) is 0. The van der Waals surface area contributed by atoms with Gasteiger partial charge in [0, 0.05) is 5.56 Å². The molecular weight excluding hydrogens is 383 g/mol. The van der Waals surface area contributed by atoms with Gasteiger partial charge in [0.25, 0.3) is 0 Å². The third-order valence-corrected chi connectivity index (χ3v) is 3.71. The molecule has 21 heavy (non-hydrogen) atoms. The Morgan fingerprint density at radius 1 is 1.14 bits per heavy atom. The van der Waals surface area contributed by atoms with Gasteiger partial charge in [-0.25, -0.2) is 0 Å². The van der Waals surface area contributed by atoms with E-state index in [-0.39, 0.29) is 0 Å². The summed E-state index contributed by atoms with van der Waals surface area (Å²) < 4.78 is 17.1. The number of hydrogen-bond acceptors (Lipinski definition) is 4. The highest BCUT2D eigenvalue weighted by atomic mass is 127. The molecule has 0 aromatic heterocycles. The highest BCUT2D eigenvalue weighted by molar-refractivity contribution is 14.1. The van der Waals surface area contributed by atoms with Gasteiger partial charge in [-0.1, -0.05) is 12.1 Å². The van der Waals surface area contributed by atoms with Crippen LogP contribution in [0.25, 0.3) is 0 Å². The van der Waals surface area contributed by atoms with Gasteiger partial charge in [-0.3, -0.25) is 4.79 Å². The number of rotatable bonds is 6. The van der Waals surface area contributed by atoms with Crippen LogP contribution in [0.15, 0.2) is 36.4 Å². The fourth-order valence-corrected chi connectivity index (χ4v) is 2.65. The first-order valence-corrected chi connectivity index (χ1v) is 7.34. The van der Waals surface area contributed by atoms with Crippen molar-refractivity contribution in [1.82, 2.24) is 0 Å². The molecule has 2 aromatic rings. The molecule has 0 bridgehead atoms. The maximum Gasteiger partial charge on any atom is 0.174 e. The minimum Gasteiger partial charge on any atom is -0.497 e. The smallest absolute Gasteiger partial charge is 0.174 e. The van der Waals surface area contributed by atoms with Crippen molar-refractivity contribution in [2.75, 3.05) is 14.2 Å². The molecule has 0 amide bonds. The number of carbonyl (C=O) groups excluding carboxylic acids is 1. The van der Waals surface area contributed by atoms with Crippen LogP contribution in [0.1, 0.15) is 15.9 Å². The average molecular weight is 398 g/mol. The maximum absolute atomic E-state index is 10.9. The lowest BCUT2D eigenvalue weighted by molar-refractivity contribution is 0.112. The van der Waals surface area contributed by atoms with Gasteiger partial charge in [0.1, 0.15) is 18.6 Å². The summed E-state index contributed by atoms with van der Waals surface area (Å²) >= 11 is 2.13. The molecule has 0 N–H and O–H groups in total. The number of benzene rings is 2. The lowest BCUT2D eigenvalue weighted by Crippen LogP contribution is -2.01. The van der Waals surface area contributed by atoms with E-state index in [9.17, 15) is 4.79 Å². The Hall–Kier alpha value is -1.76. The Bertz CT molecular complexity index is 640. The molecule has 0 fully saturated rings. The third kappa shape index (κ3) is 3.87. The van der Waals surface area contributed by atoms with Crippen LogP contribution < -0.4 is 14.2 Å². The molecule has 4 nitrogen and oxygen atoms in total. The van der Waals surface area contributed by atoms with Crippen molar-refractivity contribution in [1.29, 1.82) is 0 Å². The van der Waals surface area contributed by atoms with E-state index in [1.807, 2.05) is 24.3 Å². The minimum absolute atomic E-state index is 0.393. The maximum atomic E-state index is 10.9. The molecule has 0 aliphatic heterocycles. The van der Waals surface area contributed by atoms with Crippen LogP contribution in [-0.4, -0.2) is 20.5 Å². The molecule has 5 heteroatoms. The van der Waals surface area contributed by atoms with E-state index in [2.05, 4.69) is 22.6 Å². The SMILES string of the molecule is COc1cccc(COc2c(I)cc(C=O)cc2OC)c1. The zero-order chi connectivity index (χ0) is 15.2. The first-order valence-electron chi connectivity index (χ1n) is 6.26. The van der Waals surface area contributed by atoms with E-state index in [1.54, 1.807) is 26.4 Å². The molecular formula is C16H15IO4. The summed E-state index contributed by atoms with van der Waals surface area (Å²) in [6, 6.07) is 11.1. The van der Waals surface area contributed by atoms with Gasteiger partial charge < -0.3 is 14.2 Å². The van der Waals surface area contributed by atoms with Gasteiger partial charge >= 0.3 is 0 Å². The first-order chi connectivity index (χ1) is 10.2. The molecule has 0 saturated carbocycles. The van der Waals surface area contributed by atoms with E-state index in [1.165, 1.54) is 0 Å². The summed E-state index contributed by atoms with van der Waals surface area (Å²) in [7, 11) is 3.18. The highest BCUT2D eigenvalue weighted by Crippen LogP contribution is 2.34. The minimum atomic E-state index is 0.393. The summed E-state index contributed by atoms with van der Waals surface area (Å²) in [5.41, 5.74) is 1.55. The summed E-state index contributed by atoms with van der Waals surface area (Å²) in [6.45, 7) is 0.393. The first kappa shape index (κ1) is 15.6. The molecule has 0 spiro atoms. The predicted octanol–water partition coefficient (Wildman–Crippen LogP) is 3.70. The fourth-order valence-electron chi connectivity index (χ4n) is 1.87. The zero-order valence-corrected chi connectivity index (χ0v) is 13.9. The van der Waals surface area contributed by atoms with Crippen molar-refractivity contribution >= 4 is 28.9 Å². The average Bonchev–Trinajstić information content (AvgIpc) is 2.53. The van der Waals surface area contributed by atoms with Gasteiger partial charge in [0.2, 0.25) is 0 Å². The Labute approximate surface area is 137 Å². The summed E-state index contributed by atoms with van der Waals surface area (Å²) in [5.74, 6) is 1.97. The topological polar surface area (TPSA) is 44.8 Å². The van der Waals surface area contributed by atoms with Gasteiger partial charge in [-0.05, 0) is 52.4 Å². The lowest BCUT2D eigenvalue weighted by atomic mass is 10.2. The van der Waals surface area contributed by atoms with Crippen LogP contribution in [-0.2, 0) is 6.61 Å². The predicted molar refractivity (Wildman–Crippen MR) is 88.4 cm³/mol. The van der Waals surface area contributed by atoms with Crippen LogP contribution in [0.3, 0.4) is 0 Å². The Morgan fingerprint density at radius 3 is 2.62 bits per heavy atom. The van der Waals surface area contributed by atoms with Crippen molar-refractivity contribution in [3.8, 4) is 17.2 Å². The van der Waals surface area contributed by atoms with E-state index < -0.39 is 0 Å². The van der Waals surface area contributed by atoms with Crippen molar-refractivity contribution in [2.45, 2.75) is 6.61 Å². The van der Waals surface area contributed by atoms with Crippen LogP contribution in [0.2, 0.25) is 0 Å². The summed E-state index contributed by atoms with van der Waals surface area (Å²) in [4.78, 5) is 10.9. The van der Waals surface area contributed by atoms with E-state index >= 15 is 0 Å². The van der Waals surface area contributed by atoms with E-state index in [4.69, 9.17) is 14.2 Å². The molecule has 2 aromatic carbocycles. The zero-order valence-electron chi connectivity index (χ0n) is 11.8. The second kappa shape index (κ2) is 7.31. The van der Waals surface area contributed by atoms with E-state index in [0.717, 1.165) is 21.2 Å². The quantitative estimate of drug-likeness (QED) is 0.550. The van der Waals surface area contributed by atoms with Crippen LogP contribution >= 0.6 is 22.6 Å². The standard InChI is InChI=1S/C16H15IO4/c1-19-13-5-3-4-11(6-13)10-21-16-14(17)7-12(9-18)8-15(16)20-2/h3-9H,10H2,1-2H3. The van der Waals surface area contributed by atoms with Crippen molar-refractivity contribution in [3.05, 3.63) is 51.1 Å². The van der Waals surface area contributed by atoms with Gasteiger partial charge in [-0.2, -0.15) is 0 Å². The number of aldehydes is 1. The molecule has 2 rings (SSSR count). The molecule has 0 unspecified atom stereocenters. The molecule has 0 radical (unpaired) electrons. The second-order valence-corrected chi connectivity index (χ2v) is 5.45. The molecule has 0 atom stereocenters. The van der Waals surface area contributed by atoms with Crippen LogP contribution in [0, 0.1) is 3.57 Å². The Kier molecular flexibility index (Phi) is 5.44. The highest BCUT2D eigenvalue weighted by Gasteiger charge is 2.12. The number of halogens is 1. The fraction of sp³-hybridized carbons (Fsp3) is 0.188. The second-order valence-electron chi connectivity index (χ2n) is 4.29. The van der Waals surface area contributed by atoms with Crippen molar-refractivity contribution < 1.29 is 19.0 Å². The molecule has 0 aliphatic carbocycles. The number of carbonyl (C=O) groups is 1. The lowest BCUT2D eigenvalue weighted by Gasteiger charge is -2.13. The van der Waals surface area contributed by atoms with Crippen LogP contribution in [0.4, 0.5) is 0 Å². The molecule has 0 saturated heterocycles. The summed E-state index contributed by atoms with van der Waals surface area (Å²) in [5, 5.41) is 0. The summed E-state index contributed by atoms with van der Waals surface area (Å²) in [6.07, 6.45) is 0.788. The molecule has 0 aliphatic rings. The van der Waals surface area contributed by atoms with Gasteiger partial charge in [-0.15, -0.1) is 0 Å². The van der Waals surface area contributed by atoms with E-state index in [0.29, 0.717) is 23.7 Å². The van der Waals surface area contributed by atoms with Gasteiger partial charge in [0.05, 0.1) is 17.8 Å². The third-order valence-electron chi connectivity index (χ3n) is 2.91. The van der Waals surface area contributed by atoms with Crippen molar-refractivity contribution in [3.63, 3.8) is 0 Å². The van der Waals surface area contributed by atoms with Gasteiger partial charge in [0.15, 0.2) is 11.5 Å². The largest absolute Gasteiger partial charge is 0.497 e. The number of ether oxygens (including phenoxy) is 3. The number of methoxy groups -OCH3 is 2.